The first-order valence-electron chi connectivity index (χ1n) is 16.8. The summed E-state index contributed by atoms with van der Waals surface area (Å²) in [5.41, 5.74) is 0.528. The zero-order valence-corrected chi connectivity index (χ0v) is 28.2. The minimum atomic E-state index is -0.354. The molecule has 1 aromatic carbocycles. The number of carbonyl (C=O) groups excluding carboxylic acids is 1. The fourth-order valence-corrected chi connectivity index (χ4v) is 3.74. The molecule has 46 heavy (non-hydrogen) atoms. The highest BCUT2D eigenvalue weighted by atomic mass is 16.6. The van der Waals surface area contributed by atoms with E-state index in [4.69, 9.17) is 52.1 Å². The number of hydrogen-bond donors (Lipinski definition) is 0. The molecule has 0 radical (unpaired) electrons. The zero-order valence-electron chi connectivity index (χ0n) is 28.2. The highest BCUT2D eigenvalue weighted by Crippen LogP contribution is 2.02. The summed E-state index contributed by atoms with van der Waals surface area (Å²) in [5.74, 6) is -0.354. The van der Waals surface area contributed by atoms with Gasteiger partial charge in [0.05, 0.1) is 131 Å². The molecule has 0 atom stereocenters. The Morgan fingerprint density at radius 2 is 0.696 bits per heavy atom. The van der Waals surface area contributed by atoms with Crippen molar-refractivity contribution in [3.05, 3.63) is 35.9 Å². The van der Waals surface area contributed by atoms with E-state index in [1.165, 1.54) is 25.7 Å². The second-order valence-electron chi connectivity index (χ2n) is 10.0. The lowest BCUT2D eigenvalue weighted by molar-refractivity contribution is -0.0271. The molecule has 0 aliphatic carbocycles. The lowest BCUT2D eigenvalue weighted by atomic mass is 10.2. The third-order valence-corrected chi connectivity index (χ3v) is 6.21. The number of hydrogen-bond acceptors (Lipinski definition) is 12. The van der Waals surface area contributed by atoms with E-state index in [0.29, 0.717) is 131 Å². The topological polar surface area (TPSA) is 119 Å². The first-order chi connectivity index (χ1) is 22.8. The summed E-state index contributed by atoms with van der Waals surface area (Å²) in [7, 11) is 0. The molecule has 0 unspecified atom stereocenters. The minimum absolute atomic E-state index is 0.205. The summed E-state index contributed by atoms with van der Waals surface area (Å²) < 4.78 is 59.9. The van der Waals surface area contributed by atoms with Gasteiger partial charge in [-0.2, -0.15) is 0 Å². The molecule has 0 N–H and O–H groups in total. The van der Waals surface area contributed by atoms with Crippen LogP contribution >= 0.6 is 0 Å². The number of unbranched alkanes of at least 4 members (excludes halogenated alkanes) is 4. The molecule has 0 bridgehead atoms. The summed E-state index contributed by atoms with van der Waals surface area (Å²) in [6.07, 6.45) is 6.26. The Balaban J connectivity index is 1.63. The largest absolute Gasteiger partial charge is 0.460 e. The van der Waals surface area contributed by atoms with Gasteiger partial charge >= 0.3 is 5.97 Å². The van der Waals surface area contributed by atoms with Crippen LogP contribution in [0.3, 0.4) is 0 Å². The molecule has 12 heteroatoms. The summed E-state index contributed by atoms with van der Waals surface area (Å²) in [5, 5.41) is 0. The molecule has 0 saturated carbocycles. The predicted molar refractivity (Wildman–Crippen MR) is 174 cm³/mol. The molecule has 0 heterocycles. The van der Waals surface area contributed by atoms with Crippen molar-refractivity contribution in [2.24, 2.45) is 0 Å². The number of benzene rings is 1. The molecule has 268 valence electrons. The van der Waals surface area contributed by atoms with Crippen molar-refractivity contribution in [1.82, 2.24) is 0 Å². The van der Waals surface area contributed by atoms with E-state index in [-0.39, 0.29) is 12.6 Å². The van der Waals surface area contributed by atoms with Crippen LogP contribution in [0.4, 0.5) is 0 Å². The van der Waals surface area contributed by atoms with E-state index < -0.39 is 0 Å². The van der Waals surface area contributed by atoms with Crippen molar-refractivity contribution in [3.63, 3.8) is 0 Å². The van der Waals surface area contributed by atoms with Crippen molar-refractivity contribution in [2.45, 2.75) is 39.0 Å². The number of ether oxygens (including phenoxy) is 11. The van der Waals surface area contributed by atoms with Crippen LogP contribution < -0.4 is 0 Å². The highest BCUT2D eigenvalue weighted by Gasteiger charge is 2.05. The minimum Gasteiger partial charge on any atom is -0.460 e. The average molecular weight is 661 g/mol. The Bertz CT molecular complexity index is 740. The summed E-state index contributed by atoms with van der Waals surface area (Å²) in [6, 6.07) is 8.86. The van der Waals surface area contributed by atoms with Gasteiger partial charge < -0.3 is 52.1 Å². The van der Waals surface area contributed by atoms with Gasteiger partial charge in [-0.1, -0.05) is 50.8 Å². The molecule has 0 aliphatic heterocycles. The van der Waals surface area contributed by atoms with Crippen LogP contribution in [0.1, 0.15) is 49.4 Å². The first-order valence-corrected chi connectivity index (χ1v) is 16.8. The van der Waals surface area contributed by atoms with Gasteiger partial charge in [-0.25, -0.2) is 4.79 Å². The highest BCUT2D eigenvalue weighted by molar-refractivity contribution is 5.89. The third-order valence-electron chi connectivity index (χ3n) is 6.21. The third kappa shape index (κ3) is 30.9. The quantitative estimate of drug-likeness (QED) is 0.0759. The standard InChI is InChI=1S/C34H60O12/c1-2-3-4-5-9-12-36-13-14-37-15-16-38-17-18-39-19-20-40-21-22-41-23-24-42-25-26-43-27-28-44-29-30-45-31-32-46-34(35)33-10-7-6-8-11-33/h6-8,10-11H,2-5,9,12-32H2,1H3. The van der Waals surface area contributed by atoms with Gasteiger partial charge in [0.1, 0.15) is 6.61 Å². The molecular weight excluding hydrogens is 600 g/mol. The molecule has 1 aromatic rings. The Hall–Kier alpha value is -1.71. The SMILES string of the molecule is CCCCCCCOCCOCCOCCOCCOCCOCCOCCOCCOCCOCCOC(=O)c1ccccc1. The van der Waals surface area contributed by atoms with Crippen molar-refractivity contribution in [2.75, 3.05) is 139 Å². The lowest BCUT2D eigenvalue weighted by Gasteiger charge is -2.09. The Kier molecular flexibility index (Phi) is 33.2. The molecule has 12 nitrogen and oxygen atoms in total. The van der Waals surface area contributed by atoms with Crippen LogP contribution in [0.2, 0.25) is 0 Å². The van der Waals surface area contributed by atoms with Gasteiger partial charge in [0.25, 0.3) is 0 Å². The summed E-state index contributed by atoms with van der Waals surface area (Å²) in [6.45, 7) is 12.9. The smallest absolute Gasteiger partial charge is 0.338 e. The molecule has 0 fully saturated rings. The van der Waals surface area contributed by atoms with Crippen LogP contribution in [-0.4, -0.2) is 145 Å². The second-order valence-corrected chi connectivity index (χ2v) is 10.0. The Labute approximate surface area is 276 Å². The first kappa shape index (κ1) is 42.3. The van der Waals surface area contributed by atoms with E-state index in [1.54, 1.807) is 24.3 Å². The van der Waals surface area contributed by atoms with Crippen molar-refractivity contribution in [1.29, 1.82) is 0 Å². The normalized spacial score (nSPS) is 11.3. The summed E-state index contributed by atoms with van der Waals surface area (Å²) >= 11 is 0. The number of rotatable bonds is 37. The van der Waals surface area contributed by atoms with Crippen molar-refractivity contribution >= 4 is 5.97 Å². The molecule has 0 amide bonds. The molecule has 0 aliphatic rings. The lowest BCUT2D eigenvalue weighted by Crippen LogP contribution is -2.15. The fraction of sp³-hybridized carbons (Fsp3) is 0.794. The monoisotopic (exact) mass is 660 g/mol. The zero-order chi connectivity index (χ0) is 32.9. The molecular formula is C34H60O12. The van der Waals surface area contributed by atoms with E-state index >= 15 is 0 Å². The van der Waals surface area contributed by atoms with Gasteiger partial charge in [-0.3, -0.25) is 0 Å². The maximum atomic E-state index is 11.8. The molecule has 0 aromatic heterocycles. The predicted octanol–water partition coefficient (Wildman–Crippen LogP) is 3.98. The van der Waals surface area contributed by atoms with E-state index in [1.807, 2.05) is 6.07 Å². The Morgan fingerprint density at radius 3 is 1.04 bits per heavy atom. The van der Waals surface area contributed by atoms with Crippen LogP contribution in [0.25, 0.3) is 0 Å². The van der Waals surface area contributed by atoms with Gasteiger partial charge in [0.15, 0.2) is 0 Å². The van der Waals surface area contributed by atoms with Crippen LogP contribution in [-0.2, 0) is 52.1 Å². The van der Waals surface area contributed by atoms with Crippen LogP contribution in [0, 0.1) is 0 Å². The van der Waals surface area contributed by atoms with Crippen molar-refractivity contribution < 1.29 is 56.9 Å². The second kappa shape index (κ2) is 36.1. The average Bonchev–Trinajstić information content (AvgIpc) is 3.08. The van der Waals surface area contributed by atoms with Gasteiger partial charge in [0, 0.05) is 6.61 Å². The van der Waals surface area contributed by atoms with E-state index in [2.05, 4.69) is 6.92 Å². The Morgan fingerprint density at radius 1 is 0.391 bits per heavy atom. The van der Waals surface area contributed by atoms with Gasteiger partial charge in [-0.15, -0.1) is 0 Å². The number of carbonyl (C=O) groups is 1. The van der Waals surface area contributed by atoms with E-state index in [0.717, 1.165) is 13.0 Å². The molecule has 0 spiro atoms. The van der Waals surface area contributed by atoms with Crippen LogP contribution in [0.15, 0.2) is 30.3 Å². The van der Waals surface area contributed by atoms with Crippen molar-refractivity contribution in [3.8, 4) is 0 Å². The number of esters is 1. The van der Waals surface area contributed by atoms with Gasteiger partial charge in [-0.05, 0) is 18.6 Å². The molecule has 1 rings (SSSR count). The van der Waals surface area contributed by atoms with E-state index in [9.17, 15) is 4.79 Å². The van der Waals surface area contributed by atoms with Crippen LogP contribution in [0.5, 0.6) is 0 Å². The summed E-state index contributed by atoms with van der Waals surface area (Å²) in [4.78, 5) is 11.8. The maximum Gasteiger partial charge on any atom is 0.338 e. The maximum absolute atomic E-state index is 11.8. The molecule has 0 saturated heterocycles. The van der Waals surface area contributed by atoms with Gasteiger partial charge in [0.2, 0.25) is 0 Å². The fourth-order valence-electron chi connectivity index (χ4n) is 3.74.